The fourth-order valence-electron chi connectivity index (χ4n) is 4.26. The van der Waals surface area contributed by atoms with Crippen molar-refractivity contribution >= 4 is 22.7 Å². The van der Waals surface area contributed by atoms with E-state index < -0.39 is 0 Å². The maximum absolute atomic E-state index is 12.0. The Morgan fingerprint density at radius 1 is 1.09 bits per heavy atom. The van der Waals surface area contributed by atoms with Crippen molar-refractivity contribution in [3.63, 3.8) is 0 Å². The third kappa shape index (κ3) is 4.94. The number of aromatic nitrogens is 3. The first-order valence-corrected chi connectivity index (χ1v) is 11.8. The molecule has 2 N–H and O–H groups in total. The van der Waals surface area contributed by atoms with Crippen LogP contribution in [0.25, 0.3) is 22.2 Å². The van der Waals surface area contributed by atoms with Gasteiger partial charge in [-0.25, -0.2) is 15.3 Å². The molecule has 0 radical (unpaired) electrons. The van der Waals surface area contributed by atoms with Crippen molar-refractivity contribution in [3.05, 3.63) is 67.0 Å². The number of carbonyl (C=O) groups is 1. The standard InChI is InChI=1S/C27H28N4O3/c1-18(2)33-27(32)30-22-10-7-20(8-11-22)24-15-21-9-12-23(34-26-28-13-4-14-29-26)16-25(21)31(24)17-19-5-3-6-19/h4,7-16,18-19H,3,5-6,17H2,1-2H3,(H,30,32)/p+1. The molecule has 1 saturated carbocycles. The fraction of sp³-hybridized carbons (Fsp3) is 0.296. The molecule has 174 valence electrons. The Hall–Kier alpha value is -3.71. The van der Waals surface area contributed by atoms with E-state index in [-0.39, 0.29) is 12.2 Å². The lowest BCUT2D eigenvalue weighted by molar-refractivity contribution is -0.484. The van der Waals surface area contributed by atoms with Crippen molar-refractivity contribution in [2.45, 2.75) is 45.8 Å². The van der Waals surface area contributed by atoms with Crippen molar-refractivity contribution in [2.75, 3.05) is 0 Å². The Morgan fingerprint density at radius 3 is 2.53 bits per heavy atom. The smallest absolute Gasteiger partial charge is 0.424 e. The highest BCUT2D eigenvalue weighted by Crippen LogP contribution is 2.36. The van der Waals surface area contributed by atoms with E-state index in [2.05, 4.69) is 44.9 Å². The third-order valence-electron chi connectivity index (χ3n) is 6.14. The molecule has 0 spiro atoms. The Labute approximate surface area is 198 Å². The fourth-order valence-corrected chi connectivity index (χ4v) is 4.26. The summed E-state index contributed by atoms with van der Waals surface area (Å²) < 4.78 is 13.5. The summed E-state index contributed by atoms with van der Waals surface area (Å²) in [6.07, 6.45) is 6.71. The van der Waals surface area contributed by atoms with Crippen molar-refractivity contribution in [1.29, 1.82) is 0 Å². The molecule has 1 aliphatic rings. The first kappa shape index (κ1) is 22.1. The van der Waals surface area contributed by atoms with Crippen LogP contribution in [-0.4, -0.2) is 26.7 Å². The normalized spacial score (nSPS) is 13.7. The maximum Gasteiger partial charge on any atom is 0.518 e. The number of amides is 1. The summed E-state index contributed by atoms with van der Waals surface area (Å²) >= 11 is 0. The molecule has 2 heterocycles. The molecular weight excluding hydrogens is 428 g/mol. The largest absolute Gasteiger partial charge is 0.518 e. The van der Waals surface area contributed by atoms with Crippen LogP contribution < -0.4 is 10.1 Å². The molecule has 7 heteroatoms. The van der Waals surface area contributed by atoms with Crippen molar-refractivity contribution < 1.29 is 19.6 Å². The number of fused-ring (bicyclic) bond motifs is 1. The number of primary amides is 1. The van der Waals surface area contributed by atoms with Crippen LogP contribution in [0.3, 0.4) is 0 Å². The Kier molecular flexibility index (Phi) is 6.27. The molecule has 7 nitrogen and oxygen atoms in total. The van der Waals surface area contributed by atoms with Gasteiger partial charge >= 0.3 is 12.1 Å². The van der Waals surface area contributed by atoms with E-state index in [0.717, 1.165) is 34.4 Å². The van der Waals surface area contributed by atoms with Gasteiger partial charge in [-0.1, -0.05) is 6.42 Å². The predicted octanol–water partition coefficient (Wildman–Crippen LogP) is 5.43. The number of nitrogens with two attached hydrogens (primary N) is 1. The highest BCUT2D eigenvalue weighted by atomic mass is 16.6. The van der Waals surface area contributed by atoms with Gasteiger partial charge < -0.3 is 14.0 Å². The molecule has 0 bridgehead atoms. The number of hydrogen-bond donors (Lipinski definition) is 1. The first-order valence-electron chi connectivity index (χ1n) is 11.8. The zero-order valence-corrected chi connectivity index (χ0v) is 19.5. The zero-order valence-electron chi connectivity index (χ0n) is 19.5. The molecule has 2 aromatic heterocycles. The molecule has 1 amide bonds. The highest BCUT2D eigenvalue weighted by Gasteiger charge is 2.21. The van der Waals surface area contributed by atoms with Crippen LogP contribution >= 0.6 is 0 Å². The Bertz CT molecular complexity index is 1280. The van der Waals surface area contributed by atoms with Gasteiger partial charge in [0.25, 0.3) is 0 Å². The van der Waals surface area contributed by atoms with E-state index in [1.165, 1.54) is 24.6 Å². The molecule has 1 fully saturated rings. The van der Waals surface area contributed by atoms with Gasteiger partial charge in [0.2, 0.25) is 0 Å². The number of hydrogen-bond acceptors (Lipinski definition) is 5. The number of rotatable bonds is 7. The quantitative estimate of drug-likeness (QED) is 0.374. The maximum atomic E-state index is 12.0. The lowest BCUT2D eigenvalue weighted by Crippen LogP contribution is -2.82. The van der Waals surface area contributed by atoms with Crippen molar-refractivity contribution in [2.24, 2.45) is 5.92 Å². The van der Waals surface area contributed by atoms with E-state index in [9.17, 15) is 4.79 Å². The average Bonchev–Trinajstić information content (AvgIpc) is 3.14. The summed E-state index contributed by atoms with van der Waals surface area (Å²) in [7, 11) is 0. The molecule has 1 aliphatic carbocycles. The van der Waals surface area contributed by atoms with Gasteiger partial charge in [-0.05, 0) is 74.6 Å². The lowest BCUT2D eigenvalue weighted by Gasteiger charge is -2.27. The molecule has 2 aromatic carbocycles. The van der Waals surface area contributed by atoms with Crippen LogP contribution in [0.4, 0.5) is 10.5 Å². The van der Waals surface area contributed by atoms with Gasteiger partial charge in [0.1, 0.15) is 17.5 Å². The molecule has 5 rings (SSSR count). The Balaban J connectivity index is 1.46. The zero-order chi connectivity index (χ0) is 23.5. The second kappa shape index (κ2) is 9.65. The molecule has 0 saturated heterocycles. The number of ether oxygens (including phenoxy) is 2. The van der Waals surface area contributed by atoms with Crippen LogP contribution in [0, 0.1) is 5.92 Å². The minimum Gasteiger partial charge on any atom is -0.424 e. The number of benzene rings is 2. The summed E-state index contributed by atoms with van der Waals surface area (Å²) in [5.41, 5.74) is 4.23. The van der Waals surface area contributed by atoms with E-state index in [4.69, 9.17) is 9.47 Å². The van der Waals surface area contributed by atoms with Gasteiger partial charge in [0.15, 0.2) is 0 Å². The van der Waals surface area contributed by atoms with Gasteiger partial charge in [0.05, 0.1) is 5.52 Å². The molecule has 34 heavy (non-hydrogen) atoms. The van der Waals surface area contributed by atoms with Crippen LogP contribution in [0.5, 0.6) is 11.8 Å². The van der Waals surface area contributed by atoms with Gasteiger partial charge in [-0.3, -0.25) is 0 Å². The van der Waals surface area contributed by atoms with Crippen LogP contribution in [0.2, 0.25) is 0 Å². The molecule has 0 atom stereocenters. The summed E-state index contributed by atoms with van der Waals surface area (Å²) in [5, 5.41) is 2.69. The third-order valence-corrected chi connectivity index (χ3v) is 6.14. The van der Waals surface area contributed by atoms with Crippen LogP contribution in [-0.2, 0) is 11.3 Å². The molecule has 0 unspecified atom stereocenters. The average molecular weight is 458 g/mol. The predicted molar refractivity (Wildman–Crippen MR) is 130 cm³/mol. The second-order valence-electron chi connectivity index (χ2n) is 9.04. The molecule has 0 aliphatic heterocycles. The second-order valence-corrected chi connectivity index (χ2v) is 9.04. The highest BCUT2D eigenvalue weighted by molar-refractivity contribution is 5.88. The van der Waals surface area contributed by atoms with Crippen molar-refractivity contribution in [1.82, 2.24) is 14.5 Å². The van der Waals surface area contributed by atoms with Gasteiger partial charge in [-0.2, -0.15) is 4.79 Å². The monoisotopic (exact) mass is 457 g/mol. The van der Waals surface area contributed by atoms with E-state index in [0.29, 0.717) is 17.7 Å². The van der Waals surface area contributed by atoms with E-state index in [1.807, 2.05) is 32.0 Å². The first-order chi connectivity index (χ1) is 16.5. The number of carbonyl (C=O) groups excluding carboxylic acids is 1. The van der Waals surface area contributed by atoms with Gasteiger partial charge in [0, 0.05) is 48.2 Å². The van der Waals surface area contributed by atoms with Crippen LogP contribution in [0.15, 0.2) is 67.0 Å². The minimum atomic E-state index is -0.322. The SMILES string of the molecule is CC(C)OC(=O)[NH2+]c1ccc(-c2cc3ccc(Oc4ncccn4)cc3n2CC2CCC2)cc1. The van der Waals surface area contributed by atoms with E-state index in [1.54, 1.807) is 18.5 Å². The lowest BCUT2D eigenvalue weighted by atomic mass is 9.85. The minimum absolute atomic E-state index is 0.132. The molecular formula is C27H29N4O3+. The van der Waals surface area contributed by atoms with Crippen LogP contribution in [0.1, 0.15) is 33.1 Å². The number of nitrogens with zero attached hydrogens (tertiary/aromatic N) is 3. The van der Waals surface area contributed by atoms with Crippen molar-refractivity contribution in [3.8, 4) is 23.0 Å². The topological polar surface area (TPSA) is 82.8 Å². The summed E-state index contributed by atoms with van der Waals surface area (Å²) in [5.74, 6) is 1.40. The van der Waals surface area contributed by atoms with E-state index >= 15 is 0 Å². The van der Waals surface area contributed by atoms with Gasteiger partial charge in [-0.15, -0.1) is 0 Å². The Morgan fingerprint density at radius 2 is 1.85 bits per heavy atom. The molecule has 4 aromatic rings. The summed E-state index contributed by atoms with van der Waals surface area (Å²) in [6.45, 7) is 4.66. The number of quaternary nitrogens is 1. The summed E-state index contributed by atoms with van der Waals surface area (Å²) in [4.78, 5) is 20.3. The summed E-state index contributed by atoms with van der Waals surface area (Å²) in [6, 6.07) is 18.5.